The third-order valence-corrected chi connectivity index (χ3v) is 2.72. The fourth-order valence-electron chi connectivity index (χ4n) is 1.80. The molecule has 1 aromatic heterocycles. The van der Waals surface area contributed by atoms with Crippen molar-refractivity contribution in [2.75, 3.05) is 5.32 Å². The molecular formula is C11H17N3O. The Hall–Kier alpha value is -1.16. The lowest BCUT2D eigenvalue weighted by Gasteiger charge is -2.32. The standard InChI is InChI=1S/C11H17N3O/c1-3-8-6-11(13-7(2)12-8)14-9-4-10(15)5-9/h6,9-10,15H,3-5H2,1-2H3,(H,12,13,14). The van der Waals surface area contributed by atoms with Gasteiger partial charge < -0.3 is 10.4 Å². The predicted molar refractivity (Wildman–Crippen MR) is 58.8 cm³/mol. The van der Waals surface area contributed by atoms with Crippen LogP contribution in [0.4, 0.5) is 5.82 Å². The molecule has 1 aliphatic rings. The van der Waals surface area contributed by atoms with Gasteiger partial charge in [0.25, 0.3) is 0 Å². The number of nitrogens with one attached hydrogen (secondary N) is 1. The average Bonchev–Trinajstić information content (AvgIpc) is 2.14. The largest absolute Gasteiger partial charge is 0.393 e. The maximum atomic E-state index is 9.18. The first-order valence-corrected chi connectivity index (χ1v) is 5.46. The summed E-state index contributed by atoms with van der Waals surface area (Å²) in [6, 6.07) is 2.36. The van der Waals surface area contributed by atoms with Gasteiger partial charge in [-0.2, -0.15) is 0 Å². The number of anilines is 1. The Bertz CT molecular complexity index is 348. The molecule has 0 aliphatic heterocycles. The van der Waals surface area contributed by atoms with E-state index in [0.29, 0.717) is 6.04 Å². The second-order valence-electron chi connectivity index (χ2n) is 4.11. The van der Waals surface area contributed by atoms with Crippen molar-refractivity contribution in [3.63, 3.8) is 0 Å². The Labute approximate surface area is 89.8 Å². The van der Waals surface area contributed by atoms with Gasteiger partial charge in [0, 0.05) is 17.8 Å². The van der Waals surface area contributed by atoms with Gasteiger partial charge in [-0.3, -0.25) is 0 Å². The smallest absolute Gasteiger partial charge is 0.130 e. The van der Waals surface area contributed by atoms with E-state index in [0.717, 1.165) is 36.6 Å². The van der Waals surface area contributed by atoms with Crippen LogP contribution in [0, 0.1) is 6.92 Å². The number of hydrogen-bond acceptors (Lipinski definition) is 4. The number of aryl methyl sites for hydroxylation is 2. The number of rotatable bonds is 3. The molecule has 0 spiro atoms. The molecule has 1 fully saturated rings. The normalized spacial score (nSPS) is 24.7. The first-order chi connectivity index (χ1) is 7.17. The topological polar surface area (TPSA) is 58.0 Å². The van der Waals surface area contributed by atoms with Crippen LogP contribution in [0.15, 0.2) is 6.07 Å². The molecule has 0 unspecified atom stereocenters. The van der Waals surface area contributed by atoms with Crippen LogP contribution in [0.1, 0.15) is 31.3 Å². The highest BCUT2D eigenvalue weighted by Gasteiger charge is 2.27. The monoisotopic (exact) mass is 207 g/mol. The molecule has 0 amide bonds. The fourth-order valence-corrected chi connectivity index (χ4v) is 1.80. The zero-order valence-electron chi connectivity index (χ0n) is 9.20. The molecule has 1 aliphatic carbocycles. The van der Waals surface area contributed by atoms with Crippen molar-refractivity contribution >= 4 is 5.82 Å². The van der Waals surface area contributed by atoms with Gasteiger partial charge in [-0.05, 0) is 26.2 Å². The van der Waals surface area contributed by atoms with Crippen molar-refractivity contribution in [1.29, 1.82) is 0 Å². The molecule has 1 saturated carbocycles. The molecule has 1 aromatic rings. The second-order valence-corrected chi connectivity index (χ2v) is 4.11. The quantitative estimate of drug-likeness (QED) is 0.784. The second kappa shape index (κ2) is 4.14. The van der Waals surface area contributed by atoms with Crippen LogP contribution >= 0.6 is 0 Å². The maximum absolute atomic E-state index is 9.18. The minimum absolute atomic E-state index is 0.129. The fraction of sp³-hybridized carbons (Fsp3) is 0.636. The van der Waals surface area contributed by atoms with E-state index in [4.69, 9.17) is 0 Å². The third kappa shape index (κ3) is 2.45. The van der Waals surface area contributed by atoms with Gasteiger partial charge in [-0.25, -0.2) is 9.97 Å². The molecule has 2 N–H and O–H groups in total. The molecule has 4 nitrogen and oxygen atoms in total. The van der Waals surface area contributed by atoms with Crippen molar-refractivity contribution in [3.05, 3.63) is 17.6 Å². The Balaban J connectivity index is 2.04. The third-order valence-electron chi connectivity index (χ3n) is 2.72. The van der Waals surface area contributed by atoms with E-state index in [1.165, 1.54) is 0 Å². The van der Waals surface area contributed by atoms with Crippen LogP contribution in [-0.2, 0) is 6.42 Å². The highest BCUT2D eigenvalue weighted by Crippen LogP contribution is 2.23. The Kier molecular flexibility index (Phi) is 2.86. The lowest BCUT2D eigenvalue weighted by molar-refractivity contribution is 0.0835. The van der Waals surface area contributed by atoms with Crippen molar-refractivity contribution in [3.8, 4) is 0 Å². The SMILES string of the molecule is CCc1cc(NC2CC(O)C2)nc(C)n1. The van der Waals surface area contributed by atoms with Gasteiger partial charge in [0.15, 0.2) is 0 Å². The molecule has 0 atom stereocenters. The van der Waals surface area contributed by atoms with Gasteiger partial charge >= 0.3 is 0 Å². The van der Waals surface area contributed by atoms with Crippen LogP contribution in [0.3, 0.4) is 0 Å². The zero-order chi connectivity index (χ0) is 10.8. The van der Waals surface area contributed by atoms with Gasteiger partial charge in [0.1, 0.15) is 11.6 Å². The van der Waals surface area contributed by atoms with E-state index >= 15 is 0 Å². The first kappa shape index (κ1) is 10.4. The lowest BCUT2D eigenvalue weighted by Crippen LogP contribution is -2.39. The summed E-state index contributed by atoms with van der Waals surface area (Å²) in [7, 11) is 0. The van der Waals surface area contributed by atoms with Crippen LogP contribution in [0.25, 0.3) is 0 Å². The molecular weight excluding hydrogens is 190 g/mol. The summed E-state index contributed by atoms with van der Waals surface area (Å²) in [5, 5.41) is 12.5. The summed E-state index contributed by atoms with van der Waals surface area (Å²) < 4.78 is 0. The average molecular weight is 207 g/mol. The molecule has 15 heavy (non-hydrogen) atoms. The van der Waals surface area contributed by atoms with E-state index in [1.54, 1.807) is 0 Å². The molecule has 82 valence electrons. The summed E-state index contributed by atoms with van der Waals surface area (Å²) in [6.07, 6.45) is 2.44. The van der Waals surface area contributed by atoms with Gasteiger partial charge in [-0.15, -0.1) is 0 Å². The lowest BCUT2D eigenvalue weighted by atomic mass is 9.89. The molecule has 4 heteroatoms. The Morgan fingerprint density at radius 2 is 2.20 bits per heavy atom. The molecule has 0 radical (unpaired) electrons. The number of nitrogens with zero attached hydrogens (tertiary/aromatic N) is 2. The number of aliphatic hydroxyl groups is 1. The molecule has 2 rings (SSSR count). The van der Waals surface area contributed by atoms with Crippen molar-refractivity contribution in [2.24, 2.45) is 0 Å². The molecule has 0 aromatic carbocycles. The number of aromatic nitrogens is 2. The van der Waals surface area contributed by atoms with E-state index < -0.39 is 0 Å². The minimum Gasteiger partial charge on any atom is -0.393 e. The van der Waals surface area contributed by atoms with Crippen LogP contribution in [-0.4, -0.2) is 27.2 Å². The number of aliphatic hydroxyl groups excluding tert-OH is 1. The maximum Gasteiger partial charge on any atom is 0.130 e. The summed E-state index contributed by atoms with van der Waals surface area (Å²) in [4.78, 5) is 8.64. The molecule has 0 saturated heterocycles. The minimum atomic E-state index is -0.129. The van der Waals surface area contributed by atoms with Crippen LogP contribution in [0.2, 0.25) is 0 Å². The first-order valence-electron chi connectivity index (χ1n) is 5.46. The van der Waals surface area contributed by atoms with E-state index in [-0.39, 0.29) is 6.10 Å². The highest BCUT2D eigenvalue weighted by molar-refractivity contribution is 5.38. The summed E-state index contributed by atoms with van der Waals surface area (Å²) in [5.41, 5.74) is 1.06. The Morgan fingerprint density at radius 1 is 1.47 bits per heavy atom. The zero-order valence-corrected chi connectivity index (χ0v) is 9.20. The summed E-state index contributed by atoms with van der Waals surface area (Å²) in [5.74, 6) is 1.69. The van der Waals surface area contributed by atoms with Crippen LogP contribution in [0.5, 0.6) is 0 Å². The highest BCUT2D eigenvalue weighted by atomic mass is 16.3. The van der Waals surface area contributed by atoms with Crippen molar-refractivity contribution < 1.29 is 5.11 Å². The van der Waals surface area contributed by atoms with Crippen molar-refractivity contribution in [2.45, 2.75) is 45.3 Å². The van der Waals surface area contributed by atoms with Gasteiger partial charge in [0.2, 0.25) is 0 Å². The van der Waals surface area contributed by atoms with E-state index in [9.17, 15) is 5.11 Å². The van der Waals surface area contributed by atoms with Gasteiger partial charge in [0.05, 0.1) is 6.10 Å². The summed E-state index contributed by atoms with van der Waals surface area (Å²) >= 11 is 0. The van der Waals surface area contributed by atoms with Crippen molar-refractivity contribution in [1.82, 2.24) is 9.97 Å². The summed E-state index contributed by atoms with van der Waals surface area (Å²) in [6.45, 7) is 3.98. The number of hydrogen-bond donors (Lipinski definition) is 2. The predicted octanol–water partition coefficient (Wildman–Crippen LogP) is 1.28. The Morgan fingerprint density at radius 3 is 2.80 bits per heavy atom. The molecule has 0 bridgehead atoms. The van der Waals surface area contributed by atoms with E-state index in [2.05, 4.69) is 22.2 Å². The van der Waals surface area contributed by atoms with Crippen LogP contribution < -0.4 is 5.32 Å². The van der Waals surface area contributed by atoms with Gasteiger partial charge in [-0.1, -0.05) is 6.92 Å². The molecule has 1 heterocycles. The van der Waals surface area contributed by atoms with E-state index in [1.807, 2.05) is 13.0 Å².